The molecule has 0 aliphatic heterocycles. The van der Waals surface area contributed by atoms with Crippen molar-refractivity contribution >= 4 is 16.8 Å². The van der Waals surface area contributed by atoms with Crippen LogP contribution in [0.1, 0.15) is 30.4 Å². The SMILES string of the molecule is CC(=O)C[C@H](c1ccccc1)c1c(O)c2ccc(F)cc2oc1=O. The minimum atomic E-state index is -0.777. The maximum absolute atomic E-state index is 13.3. The molecule has 1 heterocycles. The number of Topliss-reactive ketones (excluding diaryl/α,β-unsaturated/α-hetero) is 1. The van der Waals surface area contributed by atoms with Crippen molar-refractivity contribution in [3.63, 3.8) is 0 Å². The number of fused-ring (bicyclic) bond motifs is 1. The highest BCUT2D eigenvalue weighted by atomic mass is 19.1. The lowest BCUT2D eigenvalue weighted by Gasteiger charge is -2.17. The number of rotatable bonds is 4. The molecule has 3 aromatic rings. The van der Waals surface area contributed by atoms with Gasteiger partial charge in [-0.05, 0) is 24.6 Å². The molecule has 0 saturated heterocycles. The molecule has 1 atom stereocenters. The lowest BCUT2D eigenvalue weighted by molar-refractivity contribution is -0.117. The molecule has 0 amide bonds. The molecular formula is C19H15FO4. The zero-order valence-electron chi connectivity index (χ0n) is 13.0. The first-order chi connectivity index (χ1) is 11.5. The largest absolute Gasteiger partial charge is 0.507 e. The van der Waals surface area contributed by atoms with Gasteiger partial charge in [-0.1, -0.05) is 30.3 Å². The molecule has 0 aliphatic rings. The maximum atomic E-state index is 13.3. The molecular weight excluding hydrogens is 311 g/mol. The number of hydrogen-bond donors (Lipinski definition) is 1. The van der Waals surface area contributed by atoms with Crippen LogP contribution >= 0.6 is 0 Å². The third kappa shape index (κ3) is 2.93. The van der Waals surface area contributed by atoms with Gasteiger partial charge in [-0.15, -0.1) is 0 Å². The van der Waals surface area contributed by atoms with E-state index in [1.807, 2.05) is 6.07 Å². The first-order valence-electron chi connectivity index (χ1n) is 7.47. The molecule has 24 heavy (non-hydrogen) atoms. The van der Waals surface area contributed by atoms with Crippen LogP contribution < -0.4 is 5.63 Å². The highest BCUT2D eigenvalue weighted by molar-refractivity contribution is 5.85. The minimum Gasteiger partial charge on any atom is -0.507 e. The van der Waals surface area contributed by atoms with Gasteiger partial charge in [-0.25, -0.2) is 9.18 Å². The van der Waals surface area contributed by atoms with Crippen molar-refractivity contribution < 1.29 is 18.7 Å². The summed E-state index contributed by atoms with van der Waals surface area (Å²) in [6.07, 6.45) is 0.0506. The summed E-state index contributed by atoms with van der Waals surface area (Å²) in [6, 6.07) is 12.5. The van der Waals surface area contributed by atoms with Crippen LogP contribution in [0.2, 0.25) is 0 Å². The summed E-state index contributed by atoms with van der Waals surface area (Å²) >= 11 is 0. The van der Waals surface area contributed by atoms with E-state index in [4.69, 9.17) is 4.42 Å². The Balaban J connectivity index is 2.26. The normalized spacial score (nSPS) is 12.2. The molecule has 0 aliphatic carbocycles. The molecule has 0 radical (unpaired) electrons. The quantitative estimate of drug-likeness (QED) is 0.742. The second-order valence-corrected chi connectivity index (χ2v) is 5.66. The molecule has 1 aromatic heterocycles. The fourth-order valence-corrected chi connectivity index (χ4v) is 2.84. The molecule has 0 spiro atoms. The molecule has 0 unspecified atom stereocenters. The van der Waals surface area contributed by atoms with E-state index in [1.54, 1.807) is 24.3 Å². The summed E-state index contributed by atoms with van der Waals surface area (Å²) < 4.78 is 18.5. The number of carbonyl (C=O) groups excluding carboxylic acids is 1. The predicted molar refractivity (Wildman–Crippen MR) is 87.7 cm³/mol. The number of benzene rings is 2. The molecule has 122 valence electrons. The molecule has 5 heteroatoms. The fourth-order valence-electron chi connectivity index (χ4n) is 2.84. The average molecular weight is 326 g/mol. The highest BCUT2D eigenvalue weighted by Crippen LogP contribution is 2.36. The Bertz CT molecular complexity index is 960. The second-order valence-electron chi connectivity index (χ2n) is 5.66. The molecule has 4 nitrogen and oxygen atoms in total. The van der Waals surface area contributed by atoms with E-state index in [0.717, 1.165) is 11.6 Å². The Morgan fingerprint density at radius 2 is 1.92 bits per heavy atom. The van der Waals surface area contributed by atoms with E-state index < -0.39 is 17.4 Å². The van der Waals surface area contributed by atoms with Crippen molar-refractivity contribution in [2.45, 2.75) is 19.3 Å². The minimum absolute atomic E-state index is 0.00973. The second kappa shape index (κ2) is 6.28. The van der Waals surface area contributed by atoms with E-state index in [2.05, 4.69) is 0 Å². The van der Waals surface area contributed by atoms with Gasteiger partial charge in [0.25, 0.3) is 0 Å². The van der Waals surface area contributed by atoms with Crippen LogP contribution in [0.25, 0.3) is 11.0 Å². The van der Waals surface area contributed by atoms with Gasteiger partial charge in [0.05, 0.1) is 10.9 Å². The van der Waals surface area contributed by atoms with Crippen molar-refractivity contribution in [2.24, 2.45) is 0 Å². The maximum Gasteiger partial charge on any atom is 0.343 e. The van der Waals surface area contributed by atoms with Crippen molar-refractivity contribution in [3.8, 4) is 5.75 Å². The summed E-state index contributed by atoms with van der Waals surface area (Å²) in [6.45, 7) is 1.42. The molecule has 1 N–H and O–H groups in total. The van der Waals surface area contributed by atoms with Gasteiger partial charge in [-0.3, -0.25) is 4.79 Å². The first-order valence-corrected chi connectivity index (χ1v) is 7.47. The monoisotopic (exact) mass is 326 g/mol. The smallest absolute Gasteiger partial charge is 0.343 e. The average Bonchev–Trinajstić information content (AvgIpc) is 2.54. The van der Waals surface area contributed by atoms with Crippen molar-refractivity contribution in [1.82, 2.24) is 0 Å². The van der Waals surface area contributed by atoms with Gasteiger partial charge in [0.2, 0.25) is 0 Å². The van der Waals surface area contributed by atoms with E-state index in [9.17, 15) is 19.1 Å². The molecule has 3 rings (SSSR count). The van der Waals surface area contributed by atoms with E-state index >= 15 is 0 Å². The van der Waals surface area contributed by atoms with E-state index in [0.29, 0.717) is 0 Å². The van der Waals surface area contributed by atoms with Gasteiger partial charge < -0.3 is 9.52 Å². The Morgan fingerprint density at radius 3 is 2.58 bits per heavy atom. The van der Waals surface area contributed by atoms with Gasteiger partial charge in [0, 0.05) is 18.4 Å². The fraction of sp³-hybridized carbons (Fsp3) is 0.158. The number of ketones is 1. The van der Waals surface area contributed by atoms with Crippen molar-refractivity contribution in [3.05, 3.63) is 75.9 Å². The van der Waals surface area contributed by atoms with Gasteiger partial charge >= 0.3 is 5.63 Å². The molecule has 0 saturated carbocycles. The summed E-state index contributed by atoms with van der Waals surface area (Å²) in [4.78, 5) is 24.1. The summed E-state index contributed by atoms with van der Waals surface area (Å²) in [7, 11) is 0. The zero-order chi connectivity index (χ0) is 17.3. The molecule has 2 aromatic carbocycles. The Morgan fingerprint density at radius 1 is 1.21 bits per heavy atom. The molecule has 0 bridgehead atoms. The third-order valence-electron chi connectivity index (χ3n) is 3.92. The zero-order valence-corrected chi connectivity index (χ0v) is 13.0. The van der Waals surface area contributed by atoms with Crippen LogP contribution in [0.15, 0.2) is 57.7 Å². The van der Waals surface area contributed by atoms with Crippen molar-refractivity contribution in [2.75, 3.05) is 0 Å². The topological polar surface area (TPSA) is 67.5 Å². The third-order valence-corrected chi connectivity index (χ3v) is 3.92. The van der Waals surface area contributed by atoms with Crippen LogP contribution in [-0.2, 0) is 4.79 Å². The van der Waals surface area contributed by atoms with Crippen LogP contribution in [0.3, 0.4) is 0 Å². The van der Waals surface area contributed by atoms with Crippen LogP contribution in [0, 0.1) is 5.82 Å². The predicted octanol–water partition coefficient (Wildman–Crippen LogP) is 3.75. The highest BCUT2D eigenvalue weighted by Gasteiger charge is 2.25. The summed E-state index contributed by atoms with van der Waals surface area (Å²) in [5.74, 6) is -1.60. The van der Waals surface area contributed by atoms with Crippen LogP contribution in [0.5, 0.6) is 5.75 Å². The number of carbonyl (C=O) groups is 1. The lowest BCUT2D eigenvalue weighted by atomic mass is 9.87. The number of aromatic hydroxyl groups is 1. The summed E-state index contributed by atoms with van der Waals surface area (Å²) in [5, 5.41) is 10.8. The molecule has 0 fully saturated rings. The first kappa shape index (κ1) is 15.9. The number of halogens is 1. The summed E-state index contributed by atoms with van der Waals surface area (Å²) in [5.41, 5.74) is -0.0798. The van der Waals surface area contributed by atoms with E-state index in [-0.39, 0.29) is 34.5 Å². The van der Waals surface area contributed by atoms with Gasteiger partial charge in [-0.2, -0.15) is 0 Å². The Labute approximate surface area is 137 Å². The van der Waals surface area contributed by atoms with E-state index in [1.165, 1.54) is 19.1 Å². The standard InChI is InChI=1S/C19H15FO4/c1-11(21)9-15(12-5-3-2-4-6-12)17-18(22)14-8-7-13(20)10-16(14)24-19(17)23/h2-8,10,15,22H,9H2,1H3/t15-/m1/s1. The van der Waals surface area contributed by atoms with Crippen LogP contribution in [-0.4, -0.2) is 10.9 Å². The van der Waals surface area contributed by atoms with Gasteiger partial charge in [0.1, 0.15) is 22.9 Å². The Kier molecular flexibility index (Phi) is 4.16. The number of hydrogen-bond acceptors (Lipinski definition) is 4. The van der Waals surface area contributed by atoms with Crippen molar-refractivity contribution in [1.29, 1.82) is 0 Å². The Hall–Kier alpha value is -2.95. The van der Waals surface area contributed by atoms with Crippen LogP contribution in [0.4, 0.5) is 4.39 Å². The van der Waals surface area contributed by atoms with Gasteiger partial charge in [0.15, 0.2) is 0 Å². The lowest BCUT2D eigenvalue weighted by Crippen LogP contribution is -2.16.